The maximum atomic E-state index is 13.2. The predicted octanol–water partition coefficient (Wildman–Crippen LogP) is 2.95. The number of aryl methyl sites for hydroxylation is 2. The van der Waals surface area contributed by atoms with Gasteiger partial charge in [-0.05, 0) is 55.9 Å². The maximum absolute atomic E-state index is 13.2. The zero-order valence-electron chi connectivity index (χ0n) is 13.9. The Hall–Kier alpha value is -2.43. The van der Waals surface area contributed by atoms with Gasteiger partial charge in [0, 0.05) is 18.4 Å². The van der Waals surface area contributed by atoms with Crippen LogP contribution in [0.5, 0.6) is 5.88 Å². The summed E-state index contributed by atoms with van der Waals surface area (Å²) in [4.78, 5) is 24.1. The molecule has 0 saturated carbocycles. The third-order valence-electron chi connectivity index (χ3n) is 4.98. The Bertz CT molecular complexity index is 761. The number of carbonyl (C=O) groups excluding carboxylic acids is 1. The monoisotopic (exact) mass is 323 g/mol. The van der Waals surface area contributed by atoms with Crippen molar-refractivity contribution in [3.8, 4) is 5.88 Å². The first-order valence-corrected chi connectivity index (χ1v) is 8.56. The molecule has 1 amide bonds. The van der Waals surface area contributed by atoms with Crippen molar-refractivity contribution in [1.29, 1.82) is 0 Å². The summed E-state index contributed by atoms with van der Waals surface area (Å²) in [6.45, 7) is 0.750. The van der Waals surface area contributed by atoms with Crippen LogP contribution in [0.15, 0.2) is 30.5 Å². The number of hydrogen-bond acceptors (Lipinski definition) is 4. The molecule has 0 spiro atoms. The van der Waals surface area contributed by atoms with E-state index in [2.05, 4.69) is 9.97 Å². The molecule has 1 saturated heterocycles. The number of ether oxygens (including phenoxy) is 1. The van der Waals surface area contributed by atoms with Gasteiger partial charge in [0.25, 0.3) is 5.91 Å². The van der Waals surface area contributed by atoms with Crippen LogP contribution in [0, 0.1) is 0 Å². The van der Waals surface area contributed by atoms with E-state index >= 15 is 0 Å². The van der Waals surface area contributed by atoms with Crippen LogP contribution in [0.2, 0.25) is 0 Å². The van der Waals surface area contributed by atoms with E-state index < -0.39 is 0 Å². The quantitative estimate of drug-likeness (QED) is 0.871. The SMILES string of the molecule is COc1nc2c(cc1C(=O)N1CCC[C@@H]1c1ccccn1)CCC2. The number of pyridine rings is 2. The highest BCUT2D eigenvalue weighted by atomic mass is 16.5. The van der Waals surface area contributed by atoms with Gasteiger partial charge in [0.15, 0.2) is 0 Å². The Balaban J connectivity index is 1.68. The average molecular weight is 323 g/mol. The van der Waals surface area contributed by atoms with Crippen LogP contribution in [0.1, 0.15) is 52.6 Å². The number of methoxy groups -OCH3 is 1. The zero-order chi connectivity index (χ0) is 16.5. The molecule has 24 heavy (non-hydrogen) atoms. The number of hydrogen-bond donors (Lipinski definition) is 0. The van der Waals surface area contributed by atoms with Gasteiger partial charge in [-0.15, -0.1) is 0 Å². The molecule has 3 heterocycles. The molecule has 124 valence electrons. The van der Waals surface area contributed by atoms with E-state index in [0.717, 1.165) is 50.0 Å². The largest absolute Gasteiger partial charge is 0.480 e. The van der Waals surface area contributed by atoms with E-state index in [1.54, 1.807) is 13.3 Å². The molecule has 1 fully saturated rings. The van der Waals surface area contributed by atoms with E-state index in [9.17, 15) is 4.79 Å². The molecule has 0 aromatic carbocycles. The normalized spacial score (nSPS) is 19.4. The first kappa shape index (κ1) is 15.1. The second-order valence-corrected chi connectivity index (χ2v) is 6.42. The Labute approximate surface area is 141 Å². The van der Waals surface area contributed by atoms with Crippen molar-refractivity contribution in [3.05, 3.63) is 53.0 Å². The molecule has 0 N–H and O–H groups in total. The predicted molar refractivity (Wildman–Crippen MR) is 90.1 cm³/mol. The van der Waals surface area contributed by atoms with E-state index in [-0.39, 0.29) is 11.9 Å². The standard InChI is InChI=1S/C19H21N3O2/c1-24-18-14(12-13-6-4-8-15(13)21-18)19(23)22-11-5-9-17(22)16-7-2-3-10-20-16/h2-3,7,10,12,17H,4-6,8-9,11H2,1H3/t17-/m1/s1. The van der Waals surface area contributed by atoms with Gasteiger partial charge in [-0.1, -0.05) is 6.07 Å². The van der Waals surface area contributed by atoms with Crippen molar-refractivity contribution >= 4 is 5.91 Å². The van der Waals surface area contributed by atoms with Crippen LogP contribution < -0.4 is 4.74 Å². The van der Waals surface area contributed by atoms with E-state index in [4.69, 9.17) is 4.74 Å². The summed E-state index contributed by atoms with van der Waals surface area (Å²) in [7, 11) is 1.58. The molecule has 5 heteroatoms. The van der Waals surface area contributed by atoms with Crippen LogP contribution in [0.3, 0.4) is 0 Å². The number of fused-ring (bicyclic) bond motifs is 1. The van der Waals surface area contributed by atoms with Crippen molar-refractivity contribution in [1.82, 2.24) is 14.9 Å². The summed E-state index contributed by atoms with van der Waals surface area (Å²) in [5.74, 6) is 0.453. The van der Waals surface area contributed by atoms with Gasteiger partial charge in [-0.2, -0.15) is 0 Å². The molecule has 1 aliphatic heterocycles. The Morgan fingerprint density at radius 1 is 1.29 bits per heavy atom. The summed E-state index contributed by atoms with van der Waals surface area (Å²) in [5.41, 5.74) is 3.80. The smallest absolute Gasteiger partial charge is 0.259 e. The first-order valence-electron chi connectivity index (χ1n) is 8.56. The molecule has 2 aromatic heterocycles. The van der Waals surface area contributed by atoms with Crippen LogP contribution in [0.25, 0.3) is 0 Å². The minimum Gasteiger partial charge on any atom is -0.480 e. The highest BCUT2D eigenvalue weighted by Gasteiger charge is 2.33. The van der Waals surface area contributed by atoms with Gasteiger partial charge in [0.2, 0.25) is 5.88 Å². The molecular formula is C19H21N3O2. The highest BCUT2D eigenvalue weighted by molar-refractivity contribution is 5.97. The molecule has 1 atom stereocenters. The van der Waals surface area contributed by atoms with Crippen molar-refractivity contribution in [3.63, 3.8) is 0 Å². The summed E-state index contributed by atoms with van der Waals surface area (Å²) in [5, 5.41) is 0. The van der Waals surface area contributed by atoms with Crippen LogP contribution >= 0.6 is 0 Å². The van der Waals surface area contributed by atoms with Crippen molar-refractivity contribution in [2.24, 2.45) is 0 Å². The highest BCUT2D eigenvalue weighted by Crippen LogP contribution is 2.34. The lowest BCUT2D eigenvalue weighted by Gasteiger charge is -2.25. The molecule has 2 aromatic rings. The lowest BCUT2D eigenvalue weighted by atomic mass is 10.1. The molecular weight excluding hydrogens is 302 g/mol. The Kier molecular flexibility index (Phi) is 3.92. The third-order valence-corrected chi connectivity index (χ3v) is 4.98. The molecule has 5 nitrogen and oxygen atoms in total. The van der Waals surface area contributed by atoms with Gasteiger partial charge in [0.1, 0.15) is 5.56 Å². The number of aromatic nitrogens is 2. The second kappa shape index (κ2) is 6.23. The first-order chi connectivity index (χ1) is 11.8. The number of nitrogens with zero attached hydrogens (tertiary/aromatic N) is 3. The van der Waals surface area contributed by atoms with Gasteiger partial charge in [-0.3, -0.25) is 9.78 Å². The summed E-state index contributed by atoms with van der Waals surface area (Å²) in [6.07, 6.45) is 6.80. The van der Waals surface area contributed by atoms with Gasteiger partial charge >= 0.3 is 0 Å². The Morgan fingerprint density at radius 2 is 2.21 bits per heavy atom. The zero-order valence-corrected chi connectivity index (χ0v) is 13.9. The fourth-order valence-corrected chi connectivity index (χ4v) is 3.81. The van der Waals surface area contributed by atoms with Crippen molar-refractivity contribution in [2.45, 2.75) is 38.1 Å². The minimum atomic E-state index is 0.00204. The van der Waals surface area contributed by atoms with Crippen LogP contribution in [0.4, 0.5) is 0 Å². The summed E-state index contributed by atoms with van der Waals surface area (Å²) >= 11 is 0. The fraction of sp³-hybridized carbons (Fsp3) is 0.421. The van der Waals surface area contributed by atoms with Gasteiger partial charge in [-0.25, -0.2) is 4.98 Å². The molecule has 2 aliphatic rings. The lowest BCUT2D eigenvalue weighted by Crippen LogP contribution is -2.31. The molecule has 4 rings (SSSR count). The topological polar surface area (TPSA) is 55.3 Å². The number of likely N-dealkylation sites (tertiary alicyclic amines) is 1. The van der Waals surface area contributed by atoms with Crippen LogP contribution in [-0.4, -0.2) is 34.4 Å². The average Bonchev–Trinajstić information content (AvgIpc) is 3.29. The molecule has 0 unspecified atom stereocenters. The Morgan fingerprint density at radius 3 is 3.00 bits per heavy atom. The number of rotatable bonds is 3. The van der Waals surface area contributed by atoms with Gasteiger partial charge < -0.3 is 9.64 Å². The van der Waals surface area contributed by atoms with E-state index in [1.807, 2.05) is 29.2 Å². The van der Waals surface area contributed by atoms with Crippen LogP contribution in [-0.2, 0) is 12.8 Å². The van der Waals surface area contributed by atoms with Crippen molar-refractivity contribution < 1.29 is 9.53 Å². The van der Waals surface area contributed by atoms with Crippen molar-refractivity contribution in [2.75, 3.05) is 13.7 Å². The summed E-state index contributed by atoms with van der Waals surface area (Å²) < 4.78 is 5.42. The van der Waals surface area contributed by atoms with E-state index in [0.29, 0.717) is 11.4 Å². The second-order valence-electron chi connectivity index (χ2n) is 6.42. The lowest BCUT2D eigenvalue weighted by molar-refractivity contribution is 0.0728. The minimum absolute atomic E-state index is 0.00204. The third kappa shape index (κ3) is 2.54. The van der Waals surface area contributed by atoms with E-state index in [1.165, 1.54) is 5.56 Å². The maximum Gasteiger partial charge on any atom is 0.259 e. The molecule has 0 radical (unpaired) electrons. The number of carbonyl (C=O) groups is 1. The number of amides is 1. The molecule has 1 aliphatic carbocycles. The fourth-order valence-electron chi connectivity index (χ4n) is 3.81. The molecule has 0 bridgehead atoms. The van der Waals surface area contributed by atoms with Gasteiger partial charge in [0.05, 0.1) is 18.8 Å². The summed E-state index contributed by atoms with van der Waals surface area (Å²) in [6, 6.07) is 7.90.